The van der Waals surface area contributed by atoms with Gasteiger partial charge in [-0.3, -0.25) is 14.4 Å². The van der Waals surface area contributed by atoms with E-state index in [1.165, 1.54) is 25.6 Å². The highest BCUT2D eigenvalue weighted by Crippen LogP contribution is 2.39. The van der Waals surface area contributed by atoms with Gasteiger partial charge in [0, 0.05) is 24.2 Å². The Bertz CT molecular complexity index is 1170. The molecule has 198 valence electrons. The summed E-state index contributed by atoms with van der Waals surface area (Å²) in [4.78, 5) is 46.8. The third kappa shape index (κ3) is 5.08. The predicted molar refractivity (Wildman–Crippen MR) is 138 cm³/mol. The number of methoxy groups -OCH3 is 1. The van der Waals surface area contributed by atoms with E-state index in [1.54, 1.807) is 23.5 Å². The molecule has 9 heteroatoms. The molecular formula is C28H37N5O4. The number of nitrogens with zero attached hydrogens (tertiary/aromatic N) is 3. The molecule has 37 heavy (non-hydrogen) atoms. The predicted octanol–water partition coefficient (Wildman–Crippen LogP) is 3.43. The summed E-state index contributed by atoms with van der Waals surface area (Å²) in [5.41, 5.74) is 0.208. The molecule has 1 aromatic heterocycles. The fraction of sp³-hybridized carbons (Fsp3) is 0.571. The van der Waals surface area contributed by atoms with Crippen LogP contribution in [0.1, 0.15) is 91.3 Å². The number of nitrogens with one attached hydrogen (secondary N) is 2. The van der Waals surface area contributed by atoms with Crippen LogP contribution in [0.4, 0.5) is 0 Å². The normalized spacial score (nSPS) is 22.5. The minimum atomic E-state index is -1.10. The smallest absolute Gasteiger partial charge is 0.274 e. The Morgan fingerprint density at radius 3 is 2.49 bits per heavy atom. The van der Waals surface area contributed by atoms with Crippen molar-refractivity contribution in [3.8, 4) is 5.75 Å². The van der Waals surface area contributed by atoms with E-state index >= 15 is 0 Å². The molecule has 1 aliphatic heterocycles. The third-order valence-electron chi connectivity index (χ3n) is 7.96. The van der Waals surface area contributed by atoms with Crippen molar-refractivity contribution in [3.05, 3.63) is 47.5 Å². The Balaban J connectivity index is 1.35. The van der Waals surface area contributed by atoms with Crippen LogP contribution in [0.3, 0.4) is 0 Å². The van der Waals surface area contributed by atoms with Gasteiger partial charge < -0.3 is 24.8 Å². The van der Waals surface area contributed by atoms with Gasteiger partial charge in [-0.1, -0.05) is 50.3 Å². The van der Waals surface area contributed by atoms with Gasteiger partial charge in [0.15, 0.2) is 5.69 Å². The van der Waals surface area contributed by atoms with Crippen molar-refractivity contribution < 1.29 is 19.1 Å². The van der Waals surface area contributed by atoms with Crippen LogP contribution < -0.4 is 15.4 Å². The van der Waals surface area contributed by atoms with Gasteiger partial charge in [-0.15, -0.1) is 0 Å². The summed E-state index contributed by atoms with van der Waals surface area (Å²) in [6.45, 7) is 2.33. The minimum absolute atomic E-state index is 0.0142. The number of amides is 3. The second kappa shape index (κ2) is 10.6. The maximum Gasteiger partial charge on any atom is 0.274 e. The second-order valence-corrected chi connectivity index (χ2v) is 10.8. The van der Waals surface area contributed by atoms with Gasteiger partial charge >= 0.3 is 0 Å². The van der Waals surface area contributed by atoms with Crippen molar-refractivity contribution in [2.75, 3.05) is 7.11 Å². The Labute approximate surface area is 218 Å². The Kier molecular flexibility index (Phi) is 7.22. The third-order valence-corrected chi connectivity index (χ3v) is 7.96. The van der Waals surface area contributed by atoms with Crippen LogP contribution in [0, 0.1) is 0 Å². The maximum atomic E-state index is 13.9. The molecule has 9 nitrogen and oxygen atoms in total. The highest BCUT2D eigenvalue weighted by Gasteiger charge is 2.53. The lowest BCUT2D eigenvalue weighted by Gasteiger charge is -2.44. The molecule has 2 aromatic rings. The molecule has 0 spiro atoms. The molecule has 2 fully saturated rings. The summed E-state index contributed by atoms with van der Waals surface area (Å²) in [5, 5.41) is 6.15. The van der Waals surface area contributed by atoms with Gasteiger partial charge in [-0.2, -0.15) is 0 Å². The summed E-state index contributed by atoms with van der Waals surface area (Å²) >= 11 is 0. The zero-order valence-electron chi connectivity index (χ0n) is 21.8. The van der Waals surface area contributed by atoms with Crippen LogP contribution >= 0.6 is 0 Å². The zero-order chi connectivity index (χ0) is 26.0. The summed E-state index contributed by atoms with van der Waals surface area (Å²) in [5.74, 6) is -0.140. The molecule has 3 aliphatic rings. The number of imidazole rings is 1. The standard InChI is InChI=1S/C28H37N5O4/c1-28(27(36)29-16-19-10-8-9-13-22(19)37-2)17-32-18-30-23(24(32)26(35)33(28)21-14-15-21)25(34)31-20-11-6-4-3-5-7-12-20/h8-10,13,18,20-21H,3-7,11-12,14-17H2,1-2H3,(H,29,36)(H,31,34). The number of para-hydroxylation sites is 1. The largest absolute Gasteiger partial charge is 0.496 e. The topological polar surface area (TPSA) is 106 Å². The highest BCUT2D eigenvalue weighted by atomic mass is 16.5. The van der Waals surface area contributed by atoms with E-state index in [4.69, 9.17) is 4.74 Å². The molecule has 1 atom stereocenters. The molecule has 2 saturated carbocycles. The number of hydrogen-bond donors (Lipinski definition) is 2. The van der Waals surface area contributed by atoms with Gasteiger partial charge in [0.05, 0.1) is 20.0 Å². The minimum Gasteiger partial charge on any atom is -0.496 e. The summed E-state index contributed by atoms with van der Waals surface area (Å²) in [7, 11) is 1.60. The van der Waals surface area contributed by atoms with Gasteiger partial charge in [0.2, 0.25) is 5.91 Å². The quantitative estimate of drug-likeness (QED) is 0.597. The first-order valence-corrected chi connectivity index (χ1v) is 13.5. The lowest BCUT2D eigenvalue weighted by atomic mass is 9.93. The average molecular weight is 508 g/mol. The van der Waals surface area contributed by atoms with Crippen LogP contribution in [0.2, 0.25) is 0 Å². The molecule has 0 radical (unpaired) electrons. The highest BCUT2D eigenvalue weighted by molar-refractivity contribution is 6.07. The number of hydrogen-bond acceptors (Lipinski definition) is 5. The van der Waals surface area contributed by atoms with E-state index in [0.29, 0.717) is 5.75 Å². The van der Waals surface area contributed by atoms with Crippen molar-refractivity contribution in [1.82, 2.24) is 25.1 Å². The van der Waals surface area contributed by atoms with Crippen molar-refractivity contribution >= 4 is 17.7 Å². The number of rotatable bonds is 7. The molecule has 0 bridgehead atoms. The monoisotopic (exact) mass is 507 g/mol. The van der Waals surface area contributed by atoms with Crippen LogP contribution in [0.5, 0.6) is 5.75 Å². The first kappa shape index (κ1) is 25.3. The molecule has 1 unspecified atom stereocenters. The number of fused-ring (bicyclic) bond motifs is 1. The SMILES string of the molecule is COc1ccccc1CNC(=O)C1(C)Cn2cnc(C(=O)NC3CCCCCCC3)c2C(=O)N1C1CC1. The second-order valence-electron chi connectivity index (χ2n) is 10.8. The average Bonchev–Trinajstić information content (AvgIpc) is 3.61. The molecule has 2 aliphatic carbocycles. The summed E-state index contributed by atoms with van der Waals surface area (Å²) < 4.78 is 7.09. The fourth-order valence-corrected chi connectivity index (χ4v) is 5.79. The van der Waals surface area contributed by atoms with Gasteiger partial charge in [-0.05, 0) is 38.7 Å². The first-order valence-electron chi connectivity index (χ1n) is 13.5. The van der Waals surface area contributed by atoms with Crippen LogP contribution in [-0.2, 0) is 17.9 Å². The van der Waals surface area contributed by atoms with E-state index in [2.05, 4.69) is 15.6 Å². The molecule has 2 heterocycles. The zero-order valence-corrected chi connectivity index (χ0v) is 21.8. The molecule has 5 rings (SSSR count). The number of aromatic nitrogens is 2. The van der Waals surface area contributed by atoms with Crippen molar-refractivity contribution in [3.63, 3.8) is 0 Å². The fourth-order valence-electron chi connectivity index (χ4n) is 5.79. The first-order chi connectivity index (χ1) is 17.9. The molecule has 2 N–H and O–H groups in total. The van der Waals surface area contributed by atoms with Crippen molar-refractivity contribution in [2.24, 2.45) is 0 Å². The van der Waals surface area contributed by atoms with E-state index < -0.39 is 5.54 Å². The summed E-state index contributed by atoms with van der Waals surface area (Å²) in [6, 6.07) is 7.62. The van der Waals surface area contributed by atoms with Crippen LogP contribution in [-0.4, -0.2) is 56.9 Å². The number of carbonyl (C=O) groups excluding carboxylic acids is 3. The van der Waals surface area contributed by atoms with E-state index in [-0.39, 0.29) is 54.3 Å². The number of benzene rings is 1. The maximum absolute atomic E-state index is 13.9. The Morgan fingerprint density at radius 1 is 1.08 bits per heavy atom. The van der Waals surface area contributed by atoms with E-state index in [9.17, 15) is 14.4 Å². The van der Waals surface area contributed by atoms with Crippen LogP contribution in [0.25, 0.3) is 0 Å². The molecule has 1 aromatic carbocycles. The van der Waals surface area contributed by atoms with E-state index in [1.807, 2.05) is 24.3 Å². The molecule has 0 saturated heterocycles. The van der Waals surface area contributed by atoms with Gasteiger partial charge in [0.1, 0.15) is 17.0 Å². The Morgan fingerprint density at radius 2 is 1.78 bits per heavy atom. The molecular weight excluding hydrogens is 470 g/mol. The summed E-state index contributed by atoms with van der Waals surface area (Å²) in [6.07, 6.45) is 11.0. The Hall–Kier alpha value is -3.36. The van der Waals surface area contributed by atoms with Gasteiger partial charge in [0.25, 0.3) is 11.8 Å². The number of ether oxygens (including phenoxy) is 1. The lowest BCUT2D eigenvalue weighted by Crippen LogP contribution is -2.64. The molecule has 3 amide bonds. The van der Waals surface area contributed by atoms with Crippen molar-refractivity contribution in [2.45, 2.75) is 95.4 Å². The van der Waals surface area contributed by atoms with E-state index in [0.717, 1.165) is 44.1 Å². The van der Waals surface area contributed by atoms with Crippen molar-refractivity contribution in [1.29, 1.82) is 0 Å². The lowest BCUT2D eigenvalue weighted by molar-refractivity contribution is -0.133. The van der Waals surface area contributed by atoms with Crippen LogP contribution in [0.15, 0.2) is 30.6 Å². The number of carbonyl (C=O) groups is 3. The van der Waals surface area contributed by atoms with Gasteiger partial charge in [-0.25, -0.2) is 4.98 Å².